The minimum Gasteiger partial charge on any atom is -0.493 e. The lowest BCUT2D eigenvalue weighted by molar-refractivity contribution is 0.171. The van der Waals surface area contributed by atoms with Gasteiger partial charge in [0, 0.05) is 13.1 Å². The molecular formula is C20H23Cl2NO4. The van der Waals surface area contributed by atoms with E-state index < -0.39 is 0 Å². The Morgan fingerprint density at radius 3 is 2.44 bits per heavy atom. The lowest BCUT2D eigenvalue weighted by atomic mass is 10.1. The number of halogens is 2. The van der Waals surface area contributed by atoms with Crippen LogP contribution < -0.4 is 24.3 Å². The fourth-order valence-corrected chi connectivity index (χ4v) is 3.41. The van der Waals surface area contributed by atoms with Gasteiger partial charge in [0.15, 0.2) is 23.0 Å². The quantitative estimate of drug-likeness (QED) is 0.672. The van der Waals surface area contributed by atoms with Crippen molar-refractivity contribution in [2.45, 2.75) is 26.4 Å². The van der Waals surface area contributed by atoms with E-state index >= 15 is 0 Å². The number of hydrogen-bond donors (Lipinski definition) is 1. The molecule has 0 fully saturated rings. The molecule has 0 radical (unpaired) electrons. The summed E-state index contributed by atoms with van der Waals surface area (Å²) >= 11 is 12.6. The molecule has 0 bridgehead atoms. The number of ether oxygens (including phenoxy) is 4. The van der Waals surface area contributed by atoms with E-state index in [1.54, 1.807) is 7.11 Å². The molecule has 1 aliphatic rings. The van der Waals surface area contributed by atoms with Gasteiger partial charge in [0.1, 0.15) is 13.2 Å². The van der Waals surface area contributed by atoms with Gasteiger partial charge in [-0.25, -0.2) is 0 Å². The molecule has 0 amide bonds. The fourth-order valence-electron chi connectivity index (χ4n) is 2.84. The van der Waals surface area contributed by atoms with Crippen molar-refractivity contribution < 1.29 is 18.9 Å². The number of hydrogen-bond acceptors (Lipinski definition) is 5. The maximum absolute atomic E-state index is 6.36. The number of nitrogens with one attached hydrogen (secondary N) is 1. The summed E-state index contributed by atoms with van der Waals surface area (Å²) in [6, 6.07) is 7.65. The molecule has 0 aliphatic carbocycles. The Bertz CT molecular complexity index is 798. The Hall–Kier alpha value is -1.82. The number of fused-ring (bicyclic) bond motifs is 1. The van der Waals surface area contributed by atoms with E-state index in [1.807, 2.05) is 31.2 Å². The number of rotatable bonds is 8. The van der Waals surface area contributed by atoms with Gasteiger partial charge in [-0.1, -0.05) is 30.1 Å². The van der Waals surface area contributed by atoms with E-state index in [4.69, 9.17) is 42.1 Å². The van der Waals surface area contributed by atoms with Crippen LogP contribution in [0.5, 0.6) is 23.0 Å². The largest absolute Gasteiger partial charge is 0.493 e. The van der Waals surface area contributed by atoms with E-state index in [0.717, 1.165) is 17.5 Å². The van der Waals surface area contributed by atoms with Gasteiger partial charge >= 0.3 is 0 Å². The van der Waals surface area contributed by atoms with Gasteiger partial charge in [-0.3, -0.25) is 0 Å². The summed E-state index contributed by atoms with van der Waals surface area (Å²) in [4.78, 5) is 0. The summed E-state index contributed by atoms with van der Waals surface area (Å²) in [6.07, 6.45) is 0.904. The number of benzene rings is 2. The summed E-state index contributed by atoms with van der Waals surface area (Å²) in [7, 11) is 1.61. The molecule has 1 aliphatic heterocycles. The Kier molecular flexibility index (Phi) is 6.94. The van der Waals surface area contributed by atoms with E-state index in [0.29, 0.717) is 66.0 Å². The van der Waals surface area contributed by atoms with Gasteiger partial charge in [0.05, 0.1) is 23.8 Å². The summed E-state index contributed by atoms with van der Waals surface area (Å²) < 4.78 is 22.3. The first-order valence-corrected chi connectivity index (χ1v) is 9.66. The van der Waals surface area contributed by atoms with Gasteiger partial charge in [0.25, 0.3) is 0 Å². The predicted molar refractivity (Wildman–Crippen MR) is 107 cm³/mol. The van der Waals surface area contributed by atoms with Crippen LogP contribution in [-0.2, 0) is 13.1 Å². The van der Waals surface area contributed by atoms with Crippen LogP contribution in [0, 0.1) is 0 Å². The second-order valence-corrected chi connectivity index (χ2v) is 6.98. The summed E-state index contributed by atoms with van der Waals surface area (Å²) in [5.74, 6) is 2.53. The Balaban J connectivity index is 1.65. The topological polar surface area (TPSA) is 49.0 Å². The third kappa shape index (κ3) is 4.92. The molecule has 5 nitrogen and oxygen atoms in total. The lowest BCUT2D eigenvalue weighted by Crippen LogP contribution is -2.17. The van der Waals surface area contributed by atoms with Crippen LogP contribution in [-0.4, -0.2) is 26.9 Å². The van der Waals surface area contributed by atoms with E-state index in [2.05, 4.69) is 5.32 Å². The van der Waals surface area contributed by atoms with E-state index in [1.165, 1.54) is 0 Å². The van der Waals surface area contributed by atoms with Crippen LogP contribution in [0.3, 0.4) is 0 Å². The van der Waals surface area contributed by atoms with Crippen LogP contribution in [0.2, 0.25) is 10.0 Å². The van der Waals surface area contributed by atoms with Crippen LogP contribution in [0.25, 0.3) is 0 Å². The molecule has 0 atom stereocenters. The first-order chi connectivity index (χ1) is 13.1. The third-order valence-electron chi connectivity index (χ3n) is 4.05. The third-order valence-corrected chi connectivity index (χ3v) is 4.62. The van der Waals surface area contributed by atoms with Crippen LogP contribution in [0.15, 0.2) is 24.3 Å². The van der Waals surface area contributed by atoms with Gasteiger partial charge in [-0.15, -0.1) is 0 Å². The molecule has 1 heterocycles. The molecule has 0 saturated heterocycles. The average molecular weight is 412 g/mol. The molecule has 0 spiro atoms. The zero-order valence-corrected chi connectivity index (χ0v) is 17.0. The lowest BCUT2D eigenvalue weighted by Gasteiger charge is -2.20. The summed E-state index contributed by atoms with van der Waals surface area (Å²) in [5.41, 5.74) is 2.02. The summed E-state index contributed by atoms with van der Waals surface area (Å²) in [5, 5.41) is 4.49. The van der Waals surface area contributed by atoms with Gasteiger partial charge < -0.3 is 24.3 Å². The highest BCUT2D eigenvalue weighted by molar-refractivity contribution is 6.32. The van der Waals surface area contributed by atoms with Crippen LogP contribution in [0.4, 0.5) is 0 Å². The molecule has 2 aromatic rings. The molecule has 2 aromatic carbocycles. The molecular weight excluding hydrogens is 389 g/mol. The van der Waals surface area contributed by atoms with Crippen molar-refractivity contribution in [1.29, 1.82) is 0 Å². The van der Waals surface area contributed by atoms with Crippen molar-refractivity contribution in [2.75, 3.05) is 26.9 Å². The average Bonchev–Trinajstić information content (AvgIpc) is 2.67. The smallest absolute Gasteiger partial charge is 0.179 e. The monoisotopic (exact) mass is 411 g/mol. The van der Waals surface area contributed by atoms with E-state index in [-0.39, 0.29) is 0 Å². The van der Waals surface area contributed by atoms with Crippen molar-refractivity contribution in [3.05, 3.63) is 45.4 Å². The molecule has 3 rings (SSSR count). The van der Waals surface area contributed by atoms with E-state index in [9.17, 15) is 0 Å². The second kappa shape index (κ2) is 9.40. The predicted octanol–water partition coefficient (Wildman–Crippen LogP) is 4.85. The second-order valence-electron chi connectivity index (χ2n) is 6.16. The zero-order valence-electron chi connectivity index (χ0n) is 15.4. The van der Waals surface area contributed by atoms with Crippen molar-refractivity contribution in [1.82, 2.24) is 5.32 Å². The standard InChI is InChI=1S/C20H23Cl2NO4/c1-3-4-26-19-15(21)7-13(9-17(19)24-2)11-23-12-14-8-16(22)20-18(10-14)25-5-6-27-20/h7-10,23H,3-6,11-12H2,1-2H3. The van der Waals surface area contributed by atoms with Gasteiger partial charge in [-0.05, 0) is 41.8 Å². The SMILES string of the molecule is CCCOc1c(Cl)cc(CNCc2cc(Cl)c3c(c2)OCCO3)cc1OC. The molecule has 1 N–H and O–H groups in total. The maximum atomic E-state index is 6.36. The van der Waals surface area contributed by atoms with Crippen LogP contribution in [0.1, 0.15) is 24.5 Å². The Morgan fingerprint density at radius 1 is 1.00 bits per heavy atom. The molecule has 7 heteroatoms. The van der Waals surface area contributed by atoms with Gasteiger partial charge in [0.2, 0.25) is 0 Å². The highest BCUT2D eigenvalue weighted by Crippen LogP contribution is 2.39. The Morgan fingerprint density at radius 2 is 1.70 bits per heavy atom. The normalized spacial score (nSPS) is 12.7. The highest BCUT2D eigenvalue weighted by atomic mass is 35.5. The summed E-state index contributed by atoms with van der Waals surface area (Å²) in [6.45, 7) is 4.94. The zero-order chi connectivity index (χ0) is 19.2. The first-order valence-electron chi connectivity index (χ1n) is 8.90. The Labute approximate surface area is 169 Å². The minimum absolute atomic E-state index is 0.519. The molecule has 0 unspecified atom stereocenters. The molecule has 0 saturated carbocycles. The van der Waals surface area contributed by atoms with Gasteiger partial charge in [-0.2, -0.15) is 0 Å². The van der Waals surface area contributed by atoms with Crippen molar-refractivity contribution in [3.63, 3.8) is 0 Å². The van der Waals surface area contributed by atoms with Crippen LogP contribution >= 0.6 is 23.2 Å². The molecule has 27 heavy (non-hydrogen) atoms. The molecule has 0 aromatic heterocycles. The minimum atomic E-state index is 0.519. The highest BCUT2D eigenvalue weighted by Gasteiger charge is 2.17. The maximum Gasteiger partial charge on any atom is 0.179 e. The number of methoxy groups -OCH3 is 1. The molecule has 146 valence electrons. The fraction of sp³-hybridized carbons (Fsp3) is 0.400. The first kappa shape index (κ1) is 19.9. The van der Waals surface area contributed by atoms with Crippen molar-refractivity contribution in [3.8, 4) is 23.0 Å². The van der Waals surface area contributed by atoms with Crippen molar-refractivity contribution in [2.24, 2.45) is 0 Å². The van der Waals surface area contributed by atoms with Crippen molar-refractivity contribution >= 4 is 23.2 Å².